The molecule has 0 unspecified atom stereocenters. The summed E-state index contributed by atoms with van der Waals surface area (Å²) in [5.41, 5.74) is 1.64. The molecule has 2 aromatic heterocycles. The third-order valence-electron chi connectivity index (χ3n) is 9.49. The first-order valence-corrected chi connectivity index (χ1v) is 17.3. The van der Waals surface area contributed by atoms with Gasteiger partial charge in [0.25, 0.3) is 0 Å². The number of carbonyl (C=O) groups excluding carboxylic acids is 2. The van der Waals surface area contributed by atoms with Crippen molar-refractivity contribution in [1.82, 2.24) is 0 Å². The zero-order chi connectivity index (χ0) is 37.3. The molecule has 0 aliphatic heterocycles. The minimum Gasteiger partial charge on any atom is -0.488 e. The Balaban J connectivity index is 1.15. The van der Waals surface area contributed by atoms with Gasteiger partial charge in [0, 0.05) is 12.1 Å². The van der Waals surface area contributed by atoms with Gasteiger partial charge in [-0.05, 0) is 109 Å². The average molecular weight is 711 g/mol. The third kappa shape index (κ3) is 7.29. The fraction of sp³-hybridized carbons (Fsp3) is 0.205. The van der Waals surface area contributed by atoms with Crippen LogP contribution in [0.15, 0.2) is 129 Å². The van der Waals surface area contributed by atoms with Crippen LogP contribution in [-0.4, -0.2) is 42.5 Å². The summed E-state index contributed by atoms with van der Waals surface area (Å²) in [4.78, 5) is 39.2. The van der Waals surface area contributed by atoms with Gasteiger partial charge in [0.2, 0.25) is 0 Å². The second kappa shape index (κ2) is 14.4. The second-order valence-corrected chi connectivity index (χ2v) is 13.6. The van der Waals surface area contributed by atoms with E-state index >= 15 is 0 Å². The number of aliphatic hydroxyl groups is 1. The summed E-state index contributed by atoms with van der Waals surface area (Å²) in [7, 11) is 1.33. The van der Waals surface area contributed by atoms with Gasteiger partial charge in [0.1, 0.15) is 29.6 Å². The van der Waals surface area contributed by atoms with Crippen molar-refractivity contribution >= 4 is 55.4 Å². The Labute approximate surface area is 305 Å². The van der Waals surface area contributed by atoms with Crippen LogP contribution in [-0.2, 0) is 9.47 Å². The van der Waals surface area contributed by atoms with Gasteiger partial charge >= 0.3 is 17.6 Å². The number of rotatable bonds is 11. The number of fused-ring (bicyclic) bond motifs is 4. The highest BCUT2D eigenvalue weighted by molar-refractivity contribution is 6.09. The summed E-state index contributed by atoms with van der Waals surface area (Å²) < 4.78 is 28.4. The van der Waals surface area contributed by atoms with E-state index in [1.165, 1.54) is 13.2 Å². The molecular weight excluding hydrogens is 672 g/mol. The molecule has 9 nitrogen and oxygen atoms in total. The standard InChI is InChI=1S/C44H38O9/c1-26(17-19-51-41-31-14-16-40(45)52-38(31)25-37-32(41)18-20-50-37)13-15-39(44(2,3)48)53-43(47)36-24-30-12-8-6-10-28(30)22-34(36)33-21-27-9-5-7-11-29(27)23-35(33)42(46)49-4/h5-12,14,16-18,20-25,39,48H,13,15,19H2,1-4H3/b26-17+/t39-/m1/s1. The lowest BCUT2D eigenvalue weighted by atomic mass is 9.90. The van der Waals surface area contributed by atoms with Gasteiger partial charge in [-0.15, -0.1) is 0 Å². The highest BCUT2D eigenvalue weighted by Crippen LogP contribution is 2.37. The maximum atomic E-state index is 14.2. The number of allylic oxidation sites excluding steroid dienone is 1. The van der Waals surface area contributed by atoms with E-state index in [1.807, 2.05) is 73.7 Å². The minimum absolute atomic E-state index is 0.214. The molecule has 53 heavy (non-hydrogen) atoms. The zero-order valence-corrected chi connectivity index (χ0v) is 29.8. The van der Waals surface area contributed by atoms with Gasteiger partial charge in [-0.25, -0.2) is 14.4 Å². The van der Waals surface area contributed by atoms with Crippen molar-refractivity contribution in [1.29, 1.82) is 0 Å². The smallest absolute Gasteiger partial charge is 0.339 e. The molecule has 0 spiro atoms. The maximum Gasteiger partial charge on any atom is 0.339 e. The Hall–Kier alpha value is -6.19. The predicted octanol–water partition coefficient (Wildman–Crippen LogP) is 9.40. The van der Waals surface area contributed by atoms with Crippen molar-refractivity contribution in [3.63, 3.8) is 0 Å². The molecule has 0 bridgehead atoms. The second-order valence-electron chi connectivity index (χ2n) is 13.6. The lowest BCUT2D eigenvalue weighted by Gasteiger charge is -2.29. The first-order chi connectivity index (χ1) is 25.5. The quantitative estimate of drug-likeness (QED) is 0.0794. The van der Waals surface area contributed by atoms with Gasteiger partial charge in [-0.1, -0.05) is 54.1 Å². The Bertz CT molecular complexity index is 2600. The number of ether oxygens (including phenoxy) is 3. The number of hydrogen-bond acceptors (Lipinski definition) is 9. The van der Waals surface area contributed by atoms with Gasteiger partial charge in [0.15, 0.2) is 0 Å². The predicted molar refractivity (Wildman–Crippen MR) is 204 cm³/mol. The molecule has 0 fully saturated rings. The van der Waals surface area contributed by atoms with Gasteiger partial charge in [-0.2, -0.15) is 0 Å². The largest absolute Gasteiger partial charge is 0.488 e. The topological polar surface area (TPSA) is 125 Å². The van der Waals surface area contributed by atoms with Crippen LogP contribution >= 0.6 is 0 Å². The van der Waals surface area contributed by atoms with E-state index < -0.39 is 29.3 Å². The molecule has 0 amide bonds. The molecule has 7 rings (SSSR count). The lowest BCUT2D eigenvalue weighted by molar-refractivity contribution is -0.0669. The third-order valence-corrected chi connectivity index (χ3v) is 9.49. The normalized spacial score (nSPS) is 12.7. The molecule has 9 heteroatoms. The minimum atomic E-state index is -1.37. The van der Waals surface area contributed by atoms with Crippen molar-refractivity contribution in [3.8, 4) is 16.9 Å². The van der Waals surface area contributed by atoms with Crippen LogP contribution in [0.5, 0.6) is 5.75 Å². The summed E-state index contributed by atoms with van der Waals surface area (Å²) in [6.45, 7) is 5.38. The maximum absolute atomic E-state index is 14.2. The molecule has 2 heterocycles. The number of benzene rings is 5. The van der Waals surface area contributed by atoms with Crippen LogP contribution < -0.4 is 10.4 Å². The molecule has 0 radical (unpaired) electrons. The highest BCUT2D eigenvalue weighted by Gasteiger charge is 2.32. The Morgan fingerprint density at radius 3 is 1.98 bits per heavy atom. The van der Waals surface area contributed by atoms with Crippen LogP contribution in [0.4, 0.5) is 0 Å². The fourth-order valence-electron chi connectivity index (χ4n) is 6.62. The zero-order valence-electron chi connectivity index (χ0n) is 29.8. The van der Waals surface area contributed by atoms with Crippen LogP contribution in [0.1, 0.15) is 54.3 Å². The Kier molecular flexibility index (Phi) is 9.60. The van der Waals surface area contributed by atoms with Gasteiger partial charge in [-0.3, -0.25) is 0 Å². The number of carbonyl (C=O) groups is 2. The lowest BCUT2D eigenvalue weighted by Crippen LogP contribution is -2.39. The number of furan rings is 1. The summed E-state index contributed by atoms with van der Waals surface area (Å²) in [5.74, 6) is -0.617. The Morgan fingerprint density at radius 1 is 0.792 bits per heavy atom. The number of hydrogen-bond donors (Lipinski definition) is 1. The van der Waals surface area contributed by atoms with Crippen LogP contribution in [0.3, 0.4) is 0 Å². The number of esters is 2. The summed E-state index contributed by atoms with van der Waals surface area (Å²) in [6.07, 6.45) is 3.42. The van der Waals surface area contributed by atoms with Gasteiger partial charge < -0.3 is 28.2 Å². The molecule has 0 aliphatic carbocycles. The van der Waals surface area contributed by atoms with E-state index in [-0.39, 0.29) is 12.2 Å². The summed E-state index contributed by atoms with van der Waals surface area (Å²) in [6, 6.07) is 29.1. The monoisotopic (exact) mass is 710 g/mol. The van der Waals surface area contributed by atoms with Crippen molar-refractivity contribution < 1.29 is 37.7 Å². The molecule has 0 saturated heterocycles. The molecular formula is C44H38O9. The molecule has 0 saturated carbocycles. The molecule has 0 aliphatic rings. The van der Waals surface area contributed by atoms with E-state index in [0.717, 1.165) is 32.5 Å². The first kappa shape index (κ1) is 35.2. The molecule has 5 aromatic carbocycles. The molecule has 7 aromatic rings. The van der Waals surface area contributed by atoms with Crippen molar-refractivity contribution in [2.75, 3.05) is 13.7 Å². The van der Waals surface area contributed by atoms with E-state index in [2.05, 4.69) is 0 Å². The summed E-state index contributed by atoms with van der Waals surface area (Å²) >= 11 is 0. The van der Waals surface area contributed by atoms with E-state index in [4.69, 9.17) is 23.0 Å². The number of methoxy groups -OCH3 is 1. The van der Waals surface area contributed by atoms with E-state index in [9.17, 15) is 19.5 Å². The summed E-state index contributed by atoms with van der Waals surface area (Å²) in [5, 5.41) is 16.1. The van der Waals surface area contributed by atoms with E-state index in [1.54, 1.807) is 50.4 Å². The first-order valence-electron chi connectivity index (χ1n) is 17.3. The van der Waals surface area contributed by atoms with Gasteiger partial charge in [0.05, 0.1) is 40.9 Å². The van der Waals surface area contributed by atoms with Crippen molar-refractivity contribution in [2.24, 2.45) is 0 Å². The van der Waals surface area contributed by atoms with E-state index in [0.29, 0.717) is 51.8 Å². The Morgan fingerprint density at radius 2 is 1.38 bits per heavy atom. The SMILES string of the molecule is COC(=O)c1cc2ccccc2cc1-c1cc2ccccc2cc1C(=O)O[C@H](CC/C(C)=C/COc1c2ccoc2cc2oc(=O)ccc12)C(C)(C)O. The van der Waals surface area contributed by atoms with Crippen LogP contribution in [0, 0.1) is 0 Å². The van der Waals surface area contributed by atoms with Crippen molar-refractivity contribution in [3.05, 3.63) is 137 Å². The average Bonchev–Trinajstić information content (AvgIpc) is 3.62. The molecule has 1 N–H and O–H groups in total. The fourth-order valence-corrected chi connectivity index (χ4v) is 6.62. The van der Waals surface area contributed by atoms with Crippen LogP contribution in [0.2, 0.25) is 0 Å². The molecule has 1 atom stereocenters. The van der Waals surface area contributed by atoms with Crippen LogP contribution in [0.25, 0.3) is 54.6 Å². The highest BCUT2D eigenvalue weighted by atomic mass is 16.6. The van der Waals surface area contributed by atoms with Crippen molar-refractivity contribution in [2.45, 2.75) is 45.3 Å². The molecule has 268 valence electrons.